The van der Waals surface area contributed by atoms with Crippen LogP contribution in [0.3, 0.4) is 0 Å². The lowest BCUT2D eigenvalue weighted by Crippen LogP contribution is -2.09. The minimum absolute atomic E-state index is 0.0408. The monoisotopic (exact) mass is 290 g/mol. The van der Waals surface area contributed by atoms with Crippen LogP contribution in [-0.2, 0) is 0 Å². The molecule has 3 N–H and O–H groups in total. The Morgan fingerprint density at radius 3 is 2.70 bits per heavy atom. The second kappa shape index (κ2) is 5.89. The molecule has 1 heterocycles. The molecule has 0 aliphatic heterocycles. The SMILES string of the molecule is Cc1cc(C)nc(Sc2cccc(NN)c2[N+](=O)[O-])c1. The summed E-state index contributed by atoms with van der Waals surface area (Å²) in [7, 11) is 0. The summed E-state index contributed by atoms with van der Waals surface area (Å²) in [5, 5.41) is 11.9. The van der Waals surface area contributed by atoms with Gasteiger partial charge in [0, 0.05) is 5.69 Å². The number of para-hydroxylation sites is 1. The van der Waals surface area contributed by atoms with Crippen LogP contribution in [0.4, 0.5) is 11.4 Å². The topological polar surface area (TPSA) is 94.1 Å². The molecule has 6 nitrogen and oxygen atoms in total. The number of aryl methyl sites for hydroxylation is 2. The number of rotatable bonds is 4. The van der Waals surface area contributed by atoms with Crippen molar-refractivity contribution in [2.75, 3.05) is 5.43 Å². The van der Waals surface area contributed by atoms with Gasteiger partial charge in [-0.05, 0) is 43.7 Å². The highest BCUT2D eigenvalue weighted by atomic mass is 32.2. The number of anilines is 1. The maximum Gasteiger partial charge on any atom is 0.307 e. The van der Waals surface area contributed by atoms with Crippen LogP contribution < -0.4 is 11.3 Å². The highest BCUT2D eigenvalue weighted by Crippen LogP contribution is 2.38. The molecule has 0 aliphatic carbocycles. The highest BCUT2D eigenvalue weighted by molar-refractivity contribution is 7.99. The zero-order valence-corrected chi connectivity index (χ0v) is 11.9. The smallest absolute Gasteiger partial charge is 0.307 e. The average molecular weight is 290 g/mol. The number of nitrogens with one attached hydrogen (secondary N) is 1. The van der Waals surface area contributed by atoms with Crippen LogP contribution in [0.2, 0.25) is 0 Å². The van der Waals surface area contributed by atoms with Gasteiger partial charge >= 0.3 is 5.69 Å². The standard InChI is InChI=1S/C13H14N4O2S/c1-8-6-9(2)15-12(7-8)20-11-5-3-4-10(16-14)13(11)17(18)19/h3-7,16H,14H2,1-2H3. The molecule has 0 fully saturated rings. The van der Waals surface area contributed by atoms with E-state index >= 15 is 0 Å². The molecule has 1 aromatic carbocycles. The van der Waals surface area contributed by atoms with Crippen molar-refractivity contribution in [1.82, 2.24) is 4.98 Å². The number of hydrazine groups is 1. The van der Waals surface area contributed by atoms with Gasteiger partial charge in [0.15, 0.2) is 0 Å². The van der Waals surface area contributed by atoms with Crippen LogP contribution in [0.1, 0.15) is 11.3 Å². The summed E-state index contributed by atoms with van der Waals surface area (Å²) in [4.78, 5) is 15.6. The first-order chi connectivity index (χ1) is 9.51. The molecule has 104 valence electrons. The van der Waals surface area contributed by atoms with Crippen molar-refractivity contribution in [1.29, 1.82) is 0 Å². The Balaban J connectivity index is 2.45. The molecule has 2 aromatic rings. The molecule has 20 heavy (non-hydrogen) atoms. The number of nitro groups is 1. The Kier molecular flexibility index (Phi) is 4.21. The summed E-state index contributed by atoms with van der Waals surface area (Å²) in [6.07, 6.45) is 0. The number of nitrogens with zero attached hydrogens (tertiary/aromatic N) is 2. The second-order valence-electron chi connectivity index (χ2n) is 4.28. The number of aromatic nitrogens is 1. The van der Waals surface area contributed by atoms with Gasteiger partial charge in [0.25, 0.3) is 0 Å². The molecule has 0 atom stereocenters. The van der Waals surface area contributed by atoms with E-state index in [9.17, 15) is 10.1 Å². The number of nitro benzene ring substituents is 1. The van der Waals surface area contributed by atoms with Gasteiger partial charge in [-0.2, -0.15) is 0 Å². The number of benzene rings is 1. The maximum atomic E-state index is 11.2. The summed E-state index contributed by atoms with van der Waals surface area (Å²) in [5.41, 5.74) is 4.54. The van der Waals surface area contributed by atoms with Crippen molar-refractivity contribution in [2.24, 2.45) is 5.84 Å². The third kappa shape index (κ3) is 3.06. The van der Waals surface area contributed by atoms with E-state index in [1.54, 1.807) is 18.2 Å². The highest BCUT2D eigenvalue weighted by Gasteiger charge is 2.20. The third-order valence-electron chi connectivity index (χ3n) is 2.63. The molecule has 7 heteroatoms. The van der Waals surface area contributed by atoms with Crippen molar-refractivity contribution in [2.45, 2.75) is 23.8 Å². The molecule has 0 amide bonds. The lowest BCUT2D eigenvalue weighted by atomic mass is 10.2. The van der Waals surface area contributed by atoms with Crippen LogP contribution in [0.15, 0.2) is 40.3 Å². The fourth-order valence-electron chi connectivity index (χ4n) is 1.88. The predicted octanol–water partition coefficient (Wildman–Crippen LogP) is 3.04. The average Bonchev–Trinajstić information content (AvgIpc) is 2.36. The Morgan fingerprint density at radius 2 is 2.10 bits per heavy atom. The summed E-state index contributed by atoms with van der Waals surface area (Å²) >= 11 is 1.25. The van der Waals surface area contributed by atoms with Crippen molar-refractivity contribution in [3.05, 3.63) is 51.7 Å². The van der Waals surface area contributed by atoms with E-state index in [2.05, 4.69) is 10.4 Å². The Hall–Kier alpha value is -2.12. The van der Waals surface area contributed by atoms with Gasteiger partial charge in [0.1, 0.15) is 10.7 Å². The molecule has 0 radical (unpaired) electrons. The molecule has 0 saturated heterocycles. The minimum atomic E-state index is -0.444. The normalized spacial score (nSPS) is 10.3. The molecular formula is C13H14N4O2S. The van der Waals surface area contributed by atoms with Gasteiger partial charge in [-0.15, -0.1) is 0 Å². The maximum absolute atomic E-state index is 11.2. The van der Waals surface area contributed by atoms with E-state index in [1.165, 1.54) is 11.8 Å². The largest absolute Gasteiger partial charge is 0.318 e. The lowest BCUT2D eigenvalue weighted by molar-refractivity contribution is -0.386. The zero-order valence-electron chi connectivity index (χ0n) is 11.1. The number of hydrogen-bond acceptors (Lipinski definition) is 6. The summed E-state index contributed by atoms with van der Waals surface area (Å²) in [5.74, 6) is 5.32. The van der Waals surface area contributed by atoms with Crippen molar-refractivity contribution in [3.8, 4) is 0 Å². The fourth-order valence-corrected chi connectivity index (χ4v) is 2.97. The summed E-state index contributed by atoms with van der Waals surface area (Å²) < 4.78 is 0. The van der Waals surface area contributed by atoms with Crippen molar-refractivity contribution >= 4 is 23.1 Å². The number of nitrogen functional groups attached to an aromatic ring is 1. The van der Waals surface area contributed by atoms with E-state index in [0.717, 1.165) is 16.3 Å². The third-order valence-corrected chi connectivity index (χ3v) is 3.59. The Morgan fingerprint density at radius 1 is 1.35 bits per heavy atom. The molecular weight excluding hydrogens is 276 g/mol. The van der Waals surface area contributed by atoms with Crippen LogP contribution in [0.25, 0.3) is 0 Å². The number of nitrogens with two attached hydrogens (primary N) is 1. The van der Waals surface area contributed by atoms with E-state index in [-0.39, 0.29) is 11.4 Å². The molecule has 0 aliphatic rings. The van der Waals surface area contributed by atoms with Gasteiger partial charge in [-0.25, -0.2) is 4.98 Å². The summed E-state index contributed by atoms with van der Waals surface area (Å²) in [6.45, 7) is 3.86. The molecule has 0 unspecified atom stereocenters. The minimum Gasteiger partial charge on any atom is -0.318 e. The van der Waals surface area contributed by atoms with Crippen molar-refractivity contribution < 1.29 is 4.92 Å². The van der Waals surface area contributed by atoms with Crippen LogP contribution in [0, 0.1) is 24.0 Å². The van der Waals surface area contributed by atoms with Crippen LogP contribution >= 0.6 is 11.8 Å². The second-order valence-corrected chi connectivity index (χ2v) is 5.34. The van der Waals surface area contributed by atoms with Gasteiger partial charge in [-0.1, -0.05) is 17.8 Å². The molecule has 0 spiro atoms. The van der Waals surface area contributed by atoms with E-state index in [4.69, 9.17) is 5.84 Å². The molecule has 0 saturated carbocycles. The summed E-state index contributed by atoms with van der Waals surface area (Å²) in [6, 6.07) is 8.81. The Labute approximate surface area is 120 Å². The zero-order chi connectivity index (χ0) is 14.7. The number of pyridine rings is 1. The first-order valence-electron chi connectivity index (χ1n) is 5.88. The van der Waals surface area contributed by atoms with Crippen LogP contribution in [-0.4, -0.2) is 9.91 Å². The van der Waals surface area contributed by atoms with Gasteiger partial charge in [-0.3, -0.25) is 16.0 Å². The van der Waals surface area contributed by atoms with Crippen LogP contribution in [0.5, 0.6) is 0 Å². The van der Waals surface area contributed by atoms with E-state index < -0.39 is 4.92 Å². The predicted molar refractivity (Wildman–Crippen MR) is 78.7 cm³/mol. The molecule has 0 bridgehead atoms. The molecule has 2 rings (SSSR count). The van der Waals surface area contributed by atoms with E-state index in [0.29, 0.717) is 4.90 Å². The van der Waals surface area contributed by atoms with Gasteiger partial charge in [0.2, 0.25) is 0 Å². The fraction of sp³-hybridized carbons (Fsp3) is 0.154. The first kappa shape index (κ1) is 14.3. The quantitative estimate of drug-likeness (QED) is 0.510. The number of hydrogen-bond donors (Lipinski definition) is 2. The lowest BCUT2D eigenvalue weighted by Gasteiger charge is -2.07. The van der Waals surface area contributed by atoms with Crippen molar-refractivity contribution in [3.63, 3.8) is 0 Å². The Bertz CT molecular complexity index is 641. The van der Waals surface area contributed by atoms with E-state index in [1.807, 2.05) is 26.0 Å². The molecule has 1 aromatic heterocycles. The first-order valence-corrected chi connectivity index (χ1v) is 6.70. The van der Waals surface area contributed by atoms with Gasteiger partial charge < -0.3 is 5.43 Å². The van der Waals surface area contributed by atoms with Gasteiger partial charge in [0.05, 0.1) is 9.82 Å².